The fourth-order valence-corrected chi connectivity index (χ4v) is 2.97. The van der Waals surface area contributed by atoms with Crippen molar-refractivity contribution in [2.45, 2.75) is 17.3 Å². The summed E-state index contributed by atoms with van der Waals surface area (Å²) in [7, 11) is 0. The number of carbonyl (C=O) groups excluding carboxylic acids is 1. The lowest BCUT2D eigenvalue weighted by Crippen LogP contribution is -2.22. The van der Waals surface area contributed by atoms with E-state index in [2.05, 4.69) is 15.3 Å². The maximum atomic E-state index is 12.3. The number of imidazole rings is 1. The van der Waals surface area contributed by atoms with Gasteiger partial charge in [0.1, 0.15) is 0 Å². The first-order valence-corrected chi connectivity index (χ1v) is 8.07. The molecule has 8 heteroatoms. The molecule has 0 aliphatic heterocycles. The van der Waals surface area contributed by atoms with Gasteiger partial charge < -0.3 is 10.3 Å². The molecular formula is C16H14N4O3S. The minimum atomic E-state index is -0.498. The van der Waals surface area contributed by atoms with Crippen LogP contribution in [0, 0.1) is 10.1 Å². The van der Waals surface area contributed by atoms with Crippen molar-refractivity contribution in [1.29, 1.82) is 0 Å². The van der Waals surface area contributed by atoms with Crippen LogP contribution >= 0.6 is 11.8 Å². The minimum Gasteiger partial charge on any atom is -0.333 e. The maximum absolute atomic E-state index is 12.3. The average Bonchev–Trinajstić information content (AvgIpc) is 2.97. The second-order valence-corrected chi connectivity index (χ2v) is 6.45. The van der Waals surface area contributed by atoms with E-state index in [0.29, 0.717) is 10.8 Å². The smallest absolute Gasteiger partial charge is 0.271 e. The molecule has 3 rings (SSSR count). The number of para-hydroxylation sites is 2. The number of hydrogen-bond donors (Lipinski definition) is 2. The van der Waals surface area contributed by atoms with Gasteiger partial charge in [-0.05, 0) is 25.1 Å². The Balaban J connectivity index is 1.68. The van der Waals surface area contributed by atoms with Crippen LogP contribution in [0.5, 0.6) is 0 Å². The molecular weight excluding hydrogens is 328 g/mol. The first kappa shape index (κ1) is 16.0. The summed E-state index contributed by atoms with van der Waals surface area (Å²) >= 11 is 1.29. The summed E-state index contributed by atoms with van der Waals surface area (Å²) in [5.41, 5.74) is 2.08. The largest absolute Gasteiger partial charge is 0.333 e. The zero-order valence-corrected chi connectivity index (χ0v) is 13.5. The third kappa shape index (κ3) is 3.54. The van der Waals surface area contributed by atoms with Crippen LogP contribution in [0.1, 0.15) is 6.92 Å². The monoisotopic (exact) mass is 342 g/mol. The molecule has 1 unspecified atom stereocenters. The van der Waals surface area contributed by atoms with E-state index in [1.54, 1.807) is 13.0 Å². The number of nitro benzene ring substituents is 1. The van der Waals surface area contributed by atoms with Crippen molar-refractivity contribution in [1.82, 2.24) is 9.97 Å². The number of nitro groups is 1. The highest BCUT2D eigenvalue weighted by molar-refractivity contribution is 8.00. The summed E-state index contributed by atoms with van der Waals surface area (Å²) in [6.07, 6.45) is 0. The van der Waals surface area contributed by atoms with Crippen LogP contribution in [0.2, 0.25) is 0 Å². The van der Waals surface area contributed by atoms with E-state index >= 15 is 0 Å². The van der Waals surface area contributed by atoms with Gasteiger partial charge in [0.25, 0.3) is 5.69 Å². The van der Waals surface area contributed by atoms with Crippen molar-refractivity contribution in [3.05, 3.63) is 58.6 Å². The van der Waals surface area contributed by atoms with E-state index in [0.717, 1.165) is 11.0 Å². The van der Waals surface area contributed by atoms with Gasteiger partial charge in [-0.15, -0.1) is 0 Å². The molecule has 2 N–H and O–H groups in total. The number of nitrogens with zero attached hydrogens (tertiary/aromatic N) is 2. The number of fused-ring (bicyclic) bond motifs is 1. The van der Waals surface area contributed by atoms with Crippen molar-refractivity contribution in [2.75, 3.05) is 5.32 Å². The highest BCUT2D eigenvalue weighted by Crippen LogP contribution is 2.25. The molecule has 2 aromatic carbocycles. The van der Waals surface area contributed by atoms with Gasteiger partial charge in [-0.25, -0.2) is 4.98 Å². The van der Waals surface area contributed by atoms with Crippen molar-refractivity contribution in [3.63, 3.8) is 0 Å². The molecule has 1 amide bonds. The molecule has 3 aromatic rings. The minimum absolute atomic E-state index is 0.0645. The number of aromatic amines is 1. The molecule has 1 atom stereocenters. The number of anilines is 1. The SMILES string of the molecule is CC(Sc1nc2ccccc2[nH]1)C(=O)Nc1cccc([N+](=O)[O-])c1. The number of non-ortho nitro benzene ring substituents is 1. The Bertz CT molecular complexity index is 876. The molecule has 0 aliphatic carbocycles. The van der Waals surface area contributed by atoms with E-state index in [-0.39, 0.29) is 11.6 Å². The molecule has 7 nitrogen and oxygen atoms in total. The second-order valence-electron chi connectivity index (χ2n) is 5.12. The number of benzene rings is 2. The lowest BCUT2D eigenvalue weighted by atomic mass is 10.2. The summed E-state index contributed by atoms with van der Waals surface area (Å²) in [6.45, 7) is 1.75. The molecule has 0 saturated heterocycles. The third-order valence-electron chi connectivity index (χ3n) is 3.35. The van der Waals surface area contributed by atoms with Crippen LogP contribution in [0.15, 0.2) is 53.7 Å². The van der Waals surface area contributed by atoms with E-state index < -0.39 is 10.2 Å². The third-order valence-corrected chi connectivity index (χ3v) is 4.33. The van der Waals surface area contributed by atoms with E-state index in [1.807, 2.05) is 24.3 Å². The average molecular weight is 342 g/mol. The Kier molecular flexibility index (Phi) is 4.48. The van der Waals surface area contributed by atoms with Gasteiger partial charge in [0, 0.05) is 17.8 Å². The van der Waals surface area contributed by atoms with Gasteiger partial charge in [0.05, 0.1) is 21.2 Å². The van der Waals surface area contributed by atoms with Crippen LogP contribution < -0.4 is 5.32 Å². The Labute approximate surface area is 141 Å². The van der Waals surface area contributed by atoms with Crippen LogP contribution in [0.25, 0.3) is 11.0 Å². The number of thioether (sulfide) groups is 1. The van der Waals surface area contributed by atoms with Gasteiger partial charge >= 0.3 is 0 Å². The Morgan fingerprint density at radius 2 is 2.08 bits per heavy atom. The topological polar surface area (TPSA) is 101 Å². The molecule has 0 fully saturated rings. The summed E-state index contributed by atoms with van der Waals surface area (Å²) in [4.78, 5) is 30.1. The maximum Gasteiger partial charge on any atom is 0.271 e. The molecule has 0 aliphatic rings. The zero-order chi connectivity index (χ0) is 17.1. The van der Waals surface area contributed by atoms with Crippen molar-refractivity contribution in [3.8, 4) is 0 Å². The molecule has 1 aromatic heterocycles. The fourth-order valence-electron chi connectivity index (χ4n) is 2.15. The number of carbonyl (C=O) groups is 1. The van der Waals surface area contributed by atoms with Gasteiger partial charge in [-0.1, -0.05) is 30.0 Å². The quantitative estimate of drug-likeness (QED) is 0.419. The second kappa shape index (κ2) is 6.71. The van der Waals surface area contributed by atoms with Crippen LogP contribution in [-0.4, -0.2) is 26.0 Å². The Morgan fingerprint density at radius 1 is 1.29 bits per heavy atom. The molecule has 0 bridgehead atoms. The van der Waals surface area contributed by atoms with E-state index in [9.17, 15) is 14.9 Å². The molecule has 1 heterocycles. The lowest BCUT2D eigenvalue weighted by Gasteiger charge is -2.10. The first-order chi connectivity index (χ1) is 11.5. The van der Waals surface area contributed by atoms with Gasteiger partial charge in [-0.2, -0.15) is 0 Å². The summed E-state index contributed by atoms with van der Waals surface area (Å²) in [6, 6.07) is 13.5. The lowest BCUT2D eigenvalue weighted by molar-refractivity contribution is -0.384. The number of aromatic nitrogens is 2. The van der Waals surface area contributed by atoms with Crippen LogP contribution in [0.3, 0.4) is 0 Å². The Hall–Kier alpha value is -2.87. The van der Waals surface area contributed by atoms with Gasteiger partial charge in [0.15, 0.2) is 5.16 Å². The zero-order valence-electron chi connectivity index (χ0n) is 12.7. The highest BCUT2D eigenvalue weighted by atomic mass is 32.2. The number of hydrogen-bond acceptors (Lipinski definition) is 5. The molecule has 122 valence electrons. The summed E-state index contributed by atoms with van der Waals surface area (Å²) < 4.78 is 0. The predicted molar refractivity (Wildman–Crippen MR) is 93.1 cm³/mol. The van der Waals surface area contributed by atoms with Crippen LogP contribution in [-0.2, 0) is 4.79 Å². The fraction of sp³-hybridized carbons (Fsp3) is 0.125. The number of amides is 1. The van der Waals surface area contributed by atoms with Crippen molar-refractivity contribution >= 4 is 40.1 Å². The number of H-pyrrole nitrogens is 1. The highest BCUT2D eigenvalue weighted by Gasteiger charge is 2.17. The summed E-state index contributed by atoms with van der Waals surface area (Å²) in [5.74, 6) is -0.249. The van der Waals surface area contributed by atoms with E-state index in [1.165, 1.54) is 30.0 Å². The number of nitrogens with one attached hydrogen (secondary N) is 2. The molecule has 0 radical (unpaired) electrons. The van der Waals surface area contributed by atoms with Gasteiger partial charge in [0.2, 0.25) is 5.91 Å². The van der Waals surface area contributed by atoms with Gasteiger partial charge in [-0.3, -0.25) is 14.9 Å². The molecule has 0 saturated carbocycles. The van der Waals surface area contributed by atoms with Crippen molar-refractivity contribution in [2.24, 2.45) is 0 Å². The standard InChI is InChI=1S/C16H14N4O3S/c1-10(24-16-18-13-7-2-3-8-14(13)19-16)15(21)17-11-5-4-6-12(9-11)20(22)23/h2-10H,1H3,(H,17,21)(H,18,19). The first-order valence-electron chi connectivity index (χ1n) is 7.19. The Morgan fingerprint density at radius 3 is 2.83 bits per heavy atom. The van der Waals surface area contributed by atoms with Crippen LogP contribution in [0.4, 0.5) is 11.4 Å². The molecule has 0 spiro atoms. The molecule has 24 heavy (non-hydrogen) atoms. The van der Waals surface area contributed by atoms with Crippen molar-refractivity contribution < 1.29 is 9.72 Å². The van der Waals surface area contributed by atoms with E-state index in [4.69, 9.17) is 0 Å². The summed E-state index contributed by atoms with van der Waals surface area (Å²) in [5, 5.41) is 13.7. The normalized spacial score (nSPS) is 12.0. The number of rotatable bonds is 5. The predicted octanol–water partition coefficient (Wildman–Crippen LogP) is 3.59.